The number of aliphatic hydroxyl groups is 1. The third-order valence-corrected chi connectivity index (χ3v) is 1.87. The fraction of sp³-hybridized carbons (Fsp3) is 0.400. The van der Waals surface area contributed by atoms with Crippen LogP contribution in [0.25, 0.3) is 0 Å². The lowest BCUT2D eigenvalue weighted by molar-refractivity contribution is -0.613. The van der Waals surface area contributed by atoms with Crippen molar-refractivity contribution in [3.63, 3.8) is 0 Å². The average Bonchev–Trinajstić information content (AvgIpc) is 2.23. The van der Waals surface area contributed by atoms with E-state index in [-0.39, 0.29) is 24.6 Å². The lowest BCUT2D eigenvalue weighted by Gasteiger charge is -2.08. The third kappa shape index (κ3) is 2.92. The van der Waals surface area contributed by atoms with E-state index in [1.165, 1.54) is 6.20 Å². The van der Waals surface area contributed by atoms with Crippen LogP contribution >= 0.6 is 0 Å². The molecule has 0 spiro atoms. The van der Waals surface area contributed by atoms with Gasteiger partial charge in [-0.2, -0.15) is 0 Å². The van der Waals surface area contributed by atoms with Gasteiger partial charge >= 0.3 is 5.88 Å². The first-order chi connectivity index (χ1) is 7.19. The number of nitrogens with one attached hydrogen (secondary N) is 1. The van der Waals surface area contributed by atoms with Gasteiger partial charge in [-0.05, 0) is 13.0 Å². The summed E-state index contributed by atoms with van der Waals surface area (Å²) in [7, 11) is 0. The minimum absolute atomic E-state index is 0.155. The highest BCUT2D eigenvalue weighted by Gasteiger charge is 2.14. The minimum Gasteiger partial charge on any atom is -0.616 e. The number of aromatic nitrogens is 1. The molecule has 0 aromatic carbocycles. The van der Waals surface area contributed by atoms with Crippen molar-refractivity contribution in [1.82, 2.24) is 0 Å². The molecule has 2 N–H and O–H groups in total. The maximum absolute atomic E-state index is 11.4. The summed E-state index contributed by atoms with van der Waals surface area (Å²) in [5, 5.41) is 27.5. The van der Waals surface area contributed by atoms with Crippen LogP contribution in [-0.4, -0.2) is 24.0 Å². The standard InChI is InChI=1S/C10H14N2O3/c1-2-15-10-8(6-9(11)7-13)4-3-5-12(10)14/h3-5,11,13H,2,6-7H2,1H3. The predicted molar refractivity (Wildman–Crippen MR) is 55.1 cm³/mol. The molecule has 5 heteroatoms. The number of ether oxygens (including phenoxy) is 1. The Morgan fingerprint density at radius 2 is 2.40 bits per heavy atom. The molecule has 82 valence electrons. The molecule has 1 rings (SSSR count). The summed E-state index contributed by atoms with van der Waals surface area (Å²) in [6.07, 6.45) is 1.58. The average molecular weight is 210 g/mol. The van der Waals surface area contributed by atoms with Gasteiger partial charge in [0.25, 0.3) is 0 Å². The van der Waals surface area contributed by atoms with Crippen LogP contribution in [0.2, 0.25) is 0 Å². The van der Waals surface area contributed by atoms with Gasteiger partial charge in [-0.3, -0.25) is 0 Å². The summed E-state index contributed by atoms with van der Waals surface area (Å²) in [5.41, 5.74) is 0.774. The Morgan fingerprint density at radius 3 is 3.00 bits per heavy atom. The molecule has 0 atom stereocenters. The van der Waals surface area contributed by atoms with E-state index < -0.39 is 0 Å². The van der Waals surface area contributed by atoms with Crippen molar-refractivity contribution < 1.29 is 14.6 Å². The van der Waals surface area contributed by atoms with Crippen molar-refractivity contribution in [2.24, 2.45) is 0 Å². The first kappa shape index (κ1) is 11.5. The molecule has 1 heterocycles. The van der Waals surface area contributed by atoms with Crippen LogP contribution in [-0.2, 0) is 6.42 Å². The Kier molecular flexibility index (Phi) is 4.05. The fourth-order valence-corrected chi connectivity index (χ4v) is 1.23. The predicted octanol–water partition coefficient (Wildman–Crippen LogP) is 0.273. The highest BCUT2D eigenvalue weighted by atomic mass is 16.5. The topological polar surface area (TPSA) is 80.2 Å². The monoisotopic (exact) mass is 210 g/mol. The molecule has 0 bridgehead atoms. The van der Waals surface area contributed by atoms with E-state index in [4.69, 9.17) is 15.3 Å². The second-order valence-corrected chi connectivity index (χ2v) is 3.04. The summed E-state index contributed by atoms with van der Waals surface area (Å²) in [6, 6.07) is 3.30. The van der Waals surface area contributed by atoms with Gasteiger partial charge in [0.15, 0.2) is 6.20 Å². The van der Waals surface area contributed by atoms with E-state index in [0.717, 1.165) is 0 Å². The summed E-state index contributed by atoms with van der Waals surface area (Å²) < 4.78 is 5.81. The molecular weight excluding hydrogens is 196 g/mol. The Balaban J connectivity index is 2.94. The minimum atomic E-state index is -0.306. The molecule has 0 amide bonds. The first-order valence-corrected chi connectivity index (χ1v) is 4.70. The Hall–Kier alpha value is -1.62. The molecule has 1 aromatic heterocycles. The molecule has 5 nitrogen and oxygen atoms in total. The number of hydrogen-bond acceptors (Lipinski definition) is 4. The number of rotatable bonds is 5. The molecule has 0 aliphatic carbocycles. The quantitative estimate of drug-likeness (QED) is 0.416. The third-order valence-electron chi connectivity index (χ3n) is 1.87. The van der Waals surface area contributed by atoms with Gasteiger partial charge in [-0.25, -0.2) is 0 Å². The van der Waals surface area contributed by atoms with Crippen LogP contribution in [0.5, 0.6) is 5.88 Å². The largest absolute Gasteiger partial charge is 0.616 e. The second-order valence-electron chi connectivity index (χ2n) is 3.04. The van der Waals surface area contributed by atoms with E-state index in [9.17, 15) is 5.21 Å². The summed E-state index contributed by atoms with van der Waals surface area (Å²) in [6.45, 7) is 1.87. The van der Waals surface area contributed by atoms with Crippen molar-refractivity contribution in [2.75, 3.05) is 13.2 Å². The summed E-state index contributed by atoms with van der Waals surface area (Å²) in [4.78, 5) is 0. The molecule has 0 aliphatic heterocycles. The maximum Gasteiger partial charge on any atom is 0.383 e. The number of nitrogens with zero attached hydrogens (tertiary/aromatic N) is 1. The molecular formula is C10H14N2O3. The van der Waals surface area contributed by atoms with Crippen molar-refractivity contribution >= 4 is 5.71 Å². The van der Waals surface area contributed by atoms with Crippen molar-refractivity contribution in [2.45, 2.75) is 13.3 Å². The Labute approximate surface area is 88.0 Å². The molecule has 1 aromatic rings. The molecule has 0 aliphatic rings. The van der Waals surface area contributed by atoms with Gasteiger partial charge in [0, 0.05) is 18.2 Å². The number of aliphatic hydroxyl groups excluding tert-OH is 1. The SMILES string of the molecule is CCOc1c(CC(=N)CO)ccc[n+]1[O-]. The molecule has 0 radical (unpaired) electrons. The van der Waals surface area contributed by atoms with Crippen LogP contribution in [0.3, 0.4) is 0 Å². The van der Waals surface area contributed by atoms with Crippen LogP contribution in [0, 0.1) is 10.6 Å². The van der Waals surface area contributed by atoms with Gasteiger partial charge in [0.1, 0.15) is 0 Å². The Bertz CT molecular complexity index is 353. The molecule has 0 saturated heterocycles. The lowest BCUT2D eigenvalue weighted by atomic mass is 10.1. The van der Waals surface area contributed by atoms with Crippen molar-refractivity contribution in [1.29, 1.82) is 5.41 Å². The van der Waals surface area contributed by atoms with Gasteiger partial charge in [-0.1, -0.05) is 0 Å². The number of hydrogen-bond donors (Lipinski definition) is 2. The molecule has 0 saturated carbocycles. The smallest absolute Gasteiger partial charge is 0.383 e. The molecule has 15 heavy (non-hydrogen) atoms. The van der Waals surface area contributed by atoms with Gasteiger partial charge < -0.3 is 20.5 Å². The molecule has 0 unspecified atom stereocenters. The zero-order valence-electron chi connectivity index (χ0n) is 8.56. The highest BCUT2D eigenvalue weighted by Crippen LogP contribution is 2.13. The summed E-state index contributed by atoms with van der Waals surface area (Å²) in [5.74, 6) is 0.207. The van der Waals surface area contributed by atoms with E-state index in [1.807, 2.05) is 0 Å². The van der Waals surface area contributed by atoms with Crippen LogP contribution in [0.1, 0.15) is 12.5 Å². The normalized spacial score (nSPS) is 10.0. The van der Waals surface area contributed by atoms with Gasteiger partial charge in [-0.15, -0.1) is 4.73 Å². The van der Waals surface area contributed by atoms with Crippen LogP contribution in [0.15, 0.2) is 18.3 Å². The van der Waals surface area contributed by atoms with Crippen molar-refractivity contribution in [3.8, 4) is 5.88 Å². The van der Waals surface area contributed by atoms with E-state index in [2.05, 4.69) is 0 Å². The van der Waals surface area contributed by atoms with Crippen LogP contribution < -0.4 is 9.47 Å². The lowest BCUT2D eigenvalue weighted by Crippen LogP contribution is -2.30. The van der Waals surface area contributed by atoms with Crippen molar-refractivity contribution in [3.05, 3.63) is 29.1 Å². The van der Waals surface area contributed by atoms with Gasteiger partial charge in [0.2, 0.25) is 0 Å². The fourth-order valence-electron chi connectivity index (χ4n) is 1.23. The first-order valence-electron chi connectivity index (χ1n) is 4.70. The highest BCUT2D eigenvalue weighted by molar-refractivity contribution is 5.84. The maximum atomic E-state index is 11.4. The summed E-state index contributed by atoms with van der Waals surface area (Å²) >= 11 is 0. The van der Waals surface area contributed by atoms with E-state index in [0.29, 0.717) is 16.9 Å². The zero-order valence-corrected chi connectivity index (χ0v) is 8.56. The second kappa shape index (κ2) is 5.31. The zero-order chi connectivity index (χ0) is 11.3. The van der Waals surface area contributed by atoms with Gasteiger partial charge in [0.05, 0.1) is 18.8 Å². The number of pyridine rings is 1. The van der Waals surface area contributed by atoms with E-state index in [1.54, 1.807) is 19.1 Å². The molecule has 0 fully saturated rings. The Morgan fingerprint density at radius 1 is 1.67 bits per heavy atom. The van der Waals surface area contributed by atoms with E-state index >= 15 is 0 Å². The van der Waals surface area contributed by atoms with Crippen LogP contribution in [0.4, 0.5) is 0 Å².